The predicted octanol–water partition coefficient (Wildman–Crippen LogP) is 2.46. The molecule has 1 heterocycles. The SMILES string of the molecule is O=C(O)C1(NCC2CC2)CCSc2ccccc21. The summed E-state index contributed by atoms with van der Waals surface area (Å²) in [5, 5.41) is 13.0. The fraction of sp³-hybridized carbons (Fsp3) is 0.500. The Bertz CT molecular complexity index is 473. The first kappa shape index (κ1) is 12.1. The smallest absolute Gasteiger partial charge is 0.328 e. The van der Waals surface area contributed by atoms with Crippen molar-refractivity contribution in [3.8, 4) is 0 Å². The Labute approximate surface area is 111 Å². The minimum Gasteiger partial charge on any atom is -0.480 e. The molecule has 1 saturated carbocycles. The summed E-state index contributed by atoms with van der Waals surface area (Å²) < 4.78 is 0. The van der Waals surface area contributed by atoms with Crippen LogP contribution in [0.5, 0.6) is 0 Å². The molecule has 2 aliphatic rings. The van der Waals surface area contributed by atoms with Crippen LogP contribution >= 0.6 is 11.8 Å². The van der Waals surface area contributed by atoms with Crippen molar-refractivity contribution in [2.45, 2.75) is 29.7 Å². The van der Waals surface area contributed by atoms with Crippen LogP contribution in [0.4, 0.5) is 0 Å². The lowest BCUT2D eigenvalue weighted by molar-refractivity contribution is -0.145. The minimum atomic E-state index is -0.871. The number of carboxylic acids is 1. The summed E-state index contributed by atoms with van der Waals surface area (Å²) in [7, 11) is 0. The van der Waals surface area contributed by atoms with E-state index in [9.17, 15) is 9.90 Å². The van der Waals surface area contributed by atoms with Gasteiger partial charge in [-0.1, -0.05) is 18.2 Å². The normalized spacial score (nSPS) is 26.7. The summed E-state index contributed by atoms with van der Waals surface area (Å²) in [6.45, 7) is 0.825. The van der Waals surface area contributed by atoms with E-state index in [-0.39, 0.29) is 0 Å². The lowest BCUT2D eigenvalue weighted by Gasteiger charge is -2.36. The first-order valence-corrected chi connectivity index (χ1v) is 7.42. The average Bonchev–Trinajstić information content (AvgIpc) is 3.20. The van der Waals surface area contributed by atoms with Crippen LogP contribution in [-0.4, -0.2) is 23.4 Å². The Balaban J connectivity index is 1.95. The Kier molecular flexibility index (Phi) is 3.08. The molecule has 0 amide bonds. The first-order valence-electron chi connectivity index (χ1n) is 6.43. The highest BCUT2D eigenvalue weighted by atomic mass is 32.2. The van der Waals surface area contributed by atoms with Gasteiger partial charge in [0.2, 0.25) is 0 Å². The second kappa shape index (κ2) is 4.59. The van der Waals surface area contributed by atoms with Crippen molar-refractivity contribution in [2.75, 3.05) is 12.3 Å². The van der Waals surface area contributed by atoms with Gasteiger partial charge in [0.15, 0.2) is 0 Å². The molecule has 1 fully saturated rings. The largest absolute Gasteiger partial charge is 0.480 e. The number of rotatable bonds is 4. The van der Waals surface area contributed by atoms with Crippen LogP contribution < -0.4 is 5.32 Å². The lowest BCUT2D eigenvalue weighted by Crippen LogP contribution is -2.51. The molecule has 1 atom stereocenters. The molecule has 0 radical (unpaired) electrons. The number of fused-ring (bicyclic) bond motifs is 1. The third-order valence-corrected chi connectivity index (χ3v) is 4.91. The Morgan fingerprint density at radius 3 is 2.94 bits per heavy atom. The minimum absolute atomic E-state index is 0.663. The number of hydrogen-bond acceptors (Lipinski definition) is 3. The monoisotopic (exact) mass is 263 g/mol. The molecule has 1 aromatic carbocycles. The van der Waals surface area contributed by atoms with Crippen molar-refractivity contribution >= 4 is 17.7 Å². The summed E-state index contributed by atoms with van der Waals surface area (Å²) in [4.78, 5) is 12.9. The van der Waals surface area contributed by atoms with Gasteiger partial charge in [-0.05, 0) is 43.4 Å². The molecule has 1 aliphatic carbocycles. The molecule has 18 heavy (non-hydrogen) atoms. The van der Waals surface area contributed by atoms with Gasteiger partial charge in [-0.3, -0.25) is 5.32 Å². The number of carboxylic acid groups (broad SMARTS) is 1. The van der Waals surface area contributed by atoms with E-state index in [1.54, 1.807) is 11.8 Å². The van der Waals surface area contributed by atoms with E-state index in [4.69, 9.17) is 0 Å². The van der Waals surface area contributed by atoms with Gasteiger partial charge in [0, 0.05) is 10.6 Å². The fourth-order valence-electron chi connectivity index (χ4n) is 2.52. The maximum absolute atomic E-state index is 11.8. The zero-order valence-corrected chi connectivity index (χ0v) is 11.0. The van der Waals surface area contributed by atoms with Crippen LogP contribution in [0, 0.1) is 5.92 Å². The fourth-order valence-corrected chi connectivity index (χ4v) is 3.72. The van der Waals surface area contributed by atoms with Gasteiger partial charge in [0.1, 0.15) is 5.54 Å². The molecule has 3 rings (SSSR count). The van der Waals surface area contributed by atoms with E-state index < -0.39 is 11.5 Å². The molecule has 1 aromatic rings. The number of nitrogens with one attached hydrogen (secondary N) is 1. The molecular weight excluding hydrogens is 246 g/mol. The maximum Gasteiger partial charge on any atom is 0.328 e. The van der Waals surface area contributed by atoms with Crippen LogP contribution in [0.15, 0.2) is 29.2 Å². The molecule has 0 spiro atoms. The van der Waals surface area contributed by atoms with Crippen LogP contribution in [0.25, 0.3) is 0 Å². The quantitative estimate of drug-likeness (QED) is 0.876. The zero-order valence-electron chi connectivity index (χ0n) is 10.2. The Morgan fingerprint density at radius 2 is 2.22 bits per heavy atom. The van der Waals surface area contributed by atoms with Gasteiger partial charge in [-0.15, -0.1) is 11.8 Å². The molecule has 4 heteroatoms. The van der Waals surface area contributed by atoms with Crippen molar-refractivity contribution in [1.29, 1.82) is 0 Å². The summed E-state index contributed by atoms with van der Waals surface area (Å²) in [6.07, 6.45) is 3.13. The molecule has 0 aromatic heterocycles. The molecule has 1 unspecified atom stereocenters. The standard InChI is InChI=1S/C14H17NO2S/c16-13(17)14(15-9-10-5-6-10)7-8-18-12-4-2-1-3-11(12)14/h1-4,10,15H,5-9H2,(H,16,17). The van der Waals surface area contributed by atoms with Crippen molar-refractivity contribution in [3.63, 3.8) is 0 Å². The molecule has 0 saturated heterocycles. The summed E-state index contributed by atoms with van der Waals surface area (Å²) in [5.74, 6) is 0.805. The van der Waals surface area contributed by atoms with Gasteiger partial charge in [-0.2, -0.15) is 0 Å². The van der Waals surface area contributed by atoms with Gasteiger partial charge in [0.05, 0.1) is 0 Å². The predicted molar refractivity (Wildman–Crippen MR) is 71.8 cm³/mol. The molecule has 2 N–H and O–H groups in total. The van der Waals surface area contributed by atoms with Crippen molar-refractivity contribution in [3.05, 3.63) is 29.8 Å². The van der Waals surface area contributed by atoms with Crippen molar-refractivity contribution < 1.29 is 9.90 Å². The van der Waals surface area contributed by atoms with Crippen molar-refractivity contribution in [2.24, 2.45) is 5.92 Å². The number of benzene rings is 1. The molecule has 96 valence electrons. The topological polar surface area (TPSA) is 49.3 Å². The highest BCUT2D eigenvalue weighted by Gasteiger charge is 2.44. The third-order valence-electron chi connectivity index (χ3n) is 3.84. The van der Waals surface area contributed by atoms with Crippen LogP contribution in [-0.2, 0) is 10.3 Å². The van der Waals surface area contributed by atoms with E-state index in [0.29, 0.717) is 12.3 Å². The maximum atomic E-state index is 11.8. The molecule has 3 nitrogen and oxygen atoms in total. The summed E-state index contributed by atoms with van der Waals surface area (Å²) in [6, 6.07) is 7.89. The lowest BCUT2D eigenvalue weighted by atomic mass is 9.86. The number of thioether (sulfide) groups is 1. The molecule has 1 aliphatic heterocycles. The molecular formula is C14H17NO2S. The van der Waals surface area contributed by atoms with E-state index in [1.807, 2.05) is 24.3 Å². The second-order valence-electron chi connectivity index (χ2n) is 5.13. The van der Waals surface area contributed by atoms with E-state index in [1.165, 1.54) is 12.8 Å². The van der Waals surface area contributed by atoms with Crippen LogP contribution in [0.2, 0.25) is 0 Å². The first-order chi connectivity index (χ1) is 8.72. The summed E-state index contributed by atoms with van der Waals surface area (Å²) in [5.41, 5.74) is 0.0687. The van der Waals surface area contributed by atoms with Crippen LogP contribution in [0.3, 0.4) is 0 Å². The number of aliphatic carboxylic acids is 1. The van der Waals surface area contributed by atoms with Gasteiger partial charge in [-0.25, -0.2) is 4.79 Å². The second-order valence-corrected chi connectivity index (χ2v) is 6.27. The van der Waals surface area contributed by atoms with Crippen molar-refractivity contribution in [1.82, 2.24) is 5.32 Å². The summed E-state index contributed by atoms with van der Waals surface area (Å²) >= 11 is 1.75. The zero-order chi connectivity index (χ0) is 12.6. The van der Waals surface area contributed by atoms with Gasteiger partial charge >= 0.3 is 5.97 Å². The van der Waals surface area contributed by atoms with E-state index in [0.717, 1.165) is 22.8 Å². The van der Waals surface area contributed by atoms with Gasteiger partial charge in [0.25, 0.3) is 0 Å². The Morgan fingerprint density at radius 1 is 1.44 bits per heavy atom. The van der Waals surface area contributed by atoms with Crippen LogP contribution in [0.1, 0.15) is 24.8 Å². The highest BCUT2D eigenvalue weighted by Crippen LogP contribution is 2.41. The van der Waals surface area contributed by atoms with E-state index in [2.05, 4.69) is 5.32 Å². The third kappa shape index (κ3) is 2.04. The molecule has 0 bridgehead atoms. The van der Waals surface area contributed by atoms with Gasteiger partial charge < -0.3 is 5.11 Å². The Hall–Kier alpha value is -1.00. The highest BCUT2D eigenvalue weighted by molar-refractivity contribution is 7.99. The number of hydrogen-bond donors (Lipinski definition) is 2. The average molecular weight is 263 g/mol. The number of carbonyl (C=O) groups is 1. The van der Waals surface area contributed by atoms with E-state index >= 15 is 0 Å².